The molecule has 25 heavy (non-hydrogen) atoms. The predicted octanol–water partition coefficient (Wildman–Crippen LogP) is 3.24. The number of amides is 1. The average molecular weight is 415 g/mol. The summed E-state index contributed by atoms with van der Waals surface area (Å²) in [6, 6.07) is 5.15. The van der Waals surface area contributed by atoms with E-state index in [1.807, 2.05) is 0 Å². The minimum atomic E-state index is -3.32. The number of carbonyl (C=O) groups is 1. The molecule has 1 aromatic carbocycles. The Balaban J connectivity index is 1.72. The second-order valence-corrected chi connectivity index (χ2v) is 10.4. The molecule has 11 heteroatoms. The Morgan fingerprint density at radius 3 is 2.84 bits per heavy atom. The zero-order chi connectivity index (χ0) is 18.0. The number of sulfonamides is 1. The van der Waals surface area contributed by atoms with Gasteiger partial charge >= 0.3 is 0 Å². The average Bonchev–Trinajstić information content (AvgIpc) is 3.14. The highest BCUT2D eigenvalue weighted by molar-refractivity contribution is 8.02. The van der Waals surface area contributed by atoms with Gasteiger partial charge in [0.15, 0.2) is 9.47 Å². The van der Waals surface area contributed by atoms with Crippen molar-refractivity contribution in [2.45, 2.75) is 16.5 Å². The SMILES string of the molecule is C[C@H](Sc1nc2ccc(NS(C)(=O)=O)cc2s1)C(=O)Nc1nccs1. The number of thiazole rings is 2. The predicted molar refractivity (Wildman–Crippen MR) is 104 cm³/mol. The minimum absolute atomic E-state index is 0.140. The first-order chi connectivity index (χ1) is 11.8. The number of carbonyl (C=O) groups excluding carboxylic acids is 1. The third-order valence-electron chi connectivity index (χ3n) is 2.98. The lowest BCUT2D eigenvalue weighted by Gasteiger charge is -2.07. The van der Waals surface area contributed by atoms with Gasteiger partial charge in [-0.1, -0.05) is 11.8 Å². The van der Waals surface area contributed by atoms with Gasteiger partial charge in [0, 0.05) is 11.6 Å². The maximum Gasteiger partial charge on any atom is 0.239 e. The van der Waals surface area contributed by atoms with Crippen LogP contribution in [0.2, 0.25) is 0 Å². The van der Waals surface area contributed by atoms with Gasteiger partial charge in [0.2, 0.25) is 15.9 Å². The molecule has 2 heterocycles. The van der Waals surface area contributed by atoms with E-state index in [1.165, 1.54) is 34.4 Å². The summed E-state index contributed by atoms with van der Waals surface area (Å²) in [6.45, 7) is 1.80. The Labute approximate surface area is 156 Å². The zero-order valence-electron chi connectivity index (χ0n) is 13.2. The third-order valence-corrected chi connectivity index (χ3v) is 6.49. The molecule has 0 saturated heterocycles. The van der Waals surface area contributed by atoms with E-state index in [0.717, 1.165) is 20.8 Å². The van der Waals surface area contributed by atoms with Crippen LogP contribution in [0.15, 0.2) is 34.1 Å². The van der Waals surface area contributed by atoms with Crippen molar-refractivity contribution in [2.75, 3.05) is 16.3 Å². The molecule has 0 spiro atoms. The molecule has 0 fully saturated rings. The molecule has 0 aliphatic heterocycles. The number of hydrogen-bond acceptors (Lipinski definition) is 8. The number of anilines is 2. The van der Waals surface area contributed by atoms with Gasteiger partial charge in [0.1, 0.15) is 0 Å². The maximum atomic E-state index is 12.2. The summed E-state index contributed by atoms with van der Waals surface area (Å²) in [5, 5.41) is 4.79. The van der Waals surface area contributed by atoms with Crippen molar-refractivity contribution >= 4 is 71.4 Å². The lowest BCUT2D eigenvalue weighted by Crippen LogP contribution is -2.22. The first kappa shape index (κ1) is 18.1. The first-order valence-corrected chi connectivity index (χ1v) is 11.5. The van der Waals surface area contributed by atoms with E-state index in [-0.39, 0.29) is 11.2 Å². The molecule has 0 radical (unpaired) electrons. The summed E-state index contributed by atoms with van der Waals surface area (Å²) in [5.41, 5.74) is 1.25. The monoisotopic (exact) mass is 414 g/mol. The molecule has 3 rings (SSSR count). The molecule has 2 aromatic heterocycles. The normalized spacial score (nSPS) is 12.9. The minimum Gasteiger partial charge on any atom is -0.301 e. The number of benzene rings is 1. The van der Waals surface area contributed by atoms with Crippen LogP contribution in [0.4, 0.5) is 10.8 Å². The van der Waals surface area contributed by atoms with E-state index in [2.05, 4.69) is 20.0 Å². The highest BCUT2D eigenvalue weighted by Crippen LogP contribution is 2.33. The molecule has 0 saturated carbocycles. The van der Waals surface area contributed by atoms with Crippen molar-refractivity contribution in [1.29, 1.82) is 0 Å². The molecule has 0 aliphatic rings. The summed E-state index contributed by atoms with van der Waals surface area (Å²) in [7, 11) is -3.32. The van der Waals surface area contributed by atoms with Crippen molar-refractivity contribution in [2.24, 2.45) is 0 Å². The van der Waals surface area contributed by atoms with E-state index in [0.29, 0.717) is 10.8 Å². The van der Waals surface area contributed by atoms with E-state index < -0.39 is 10.0 Å². The van der Waals surface area contributed by atoms with Crippen molar-refractivity contribution in [3.8, 4) is 0 Å². The van der Waals surface area contributed by atoms with E-state index >= 15 is 0 Å². The largest absolute Gasteiger partial charge is 0.301 e. The van der Waals surface area contributed by atoms with E-state index in [9.17, 15) is 13.2 Å². The summed E-state index contributed by atoms with van der Waals surface area (Å²) >= 11 is 4.13. The Bertz CT molecular complexity index is 998. The number of thioether (sulfide) groups is 1. The molecule has 3 aromatic rings. The number of nitrogens with one attached hydrogen (secondary N) is 2. The highest BCUT2D eigenvalue weighted by atomic mass is 32.2. The Morgan fingerprint density at radius 2 is 2.16 bits per heavy atom. The van der Waals surface area contributed by atoms with Gasteiger partial charge in [0.25, 0.3) is 0 Å². The second kappa shape index (κ2) is 7.28. The molecule has 1 atom stereocenters. The van der Waals surface area contributed by atoms with Gasteiger partial charge < -0.3 is 5.32 Å². The second-order valence-electron chi connectivity index (χ2n) is 5.12. The van der Waals surface area contributed by atoms with Gasteiger partial charge in [-0.05, 0) is 25.1 Å². The van der Waals surface area contributed by atoms with E-state index in [4.69, 9.17) is 0 Å². The van der Waals surface area contributed by atoms with Crippen LogP contribution < -0.4 is 10.0 Å². The van der Waals surface area contributed by atoms with Crippen LogP contribution in [0.5, 0.6) is 0 Å². The number of aromatic nitrogens is 2. The zero-order valence-corrected chi connectivity index (χ0v) is 16.5. The fourth-order valence-electron chi connectivity index (χ4n) is 1.93. The van der Waals surface area contributed by atoms with Crippen LogP contribution in [0.1, 0.15) is 6.92 Å². The molecular formula is C14H14N4O3S4. The van der Waals surface area contributed by atoms with Crippen molar-refractivity contribution in [3.63, 3.8) is 0 Å². The highest BCUT2D eigenvalue weighted by Gasteiger charge is 2.18. The molecule has 0 aliphatic carbocycles. The molecule has 132 valence electrons. The summed E-state index contributed by atoms with van der Waals surface area (Å²) in [6.07, 6.45) is 2.74. The molecule has 7 nitrogen and oxygen atoms in total. The summed E-state index contributed by atoms with van der Waals surface area (Å²) in [4.78, 5) is 20.7. The van der Waals surface area contributed by atoms with Crippen LogP contribution >= 0.6 is 34.4 Å². The van der Waals surface area contributed by atoms with Crippen LogP contribution in [-0.4, -0.2) is 35.8 Å². The summed E-state index contributed by atoms with van der Waals surface area (Å²) in [5.74, 6) is -0.140. The van der Waals surface area contributed by atoms with Crippen LogP contribution in [0.25, 0.3) is 10.2 Å². The lowest BCUT2D eigenvalue weighted by atomic mass is 10.3. The third kappa shape index (κ3) is 4.91. The van der Waals surface area contributed by atoms with Crippen molar-refractivity contribution < 1.29 is 13.2 Å². The topological polar surface area (TPSA) is 101 Å². The fraction of sp³-hybridized carbons (Fsp3) is 0.214. The number of hydrogen-bond donors (Lipinski definition) is 2. The van der Waals surface area contributed by atoms with Gasteiger partial charge in [-0.3, -0.25) is 9.52 Å². The molecule has 1 amide bonds. The van der Waals surface area contributed by atoms with Crippen LogP contribution in [-0.2, 0) is 14.8 Å². The van der Waals surface area contributed by atoms with Gasteiger partial charge in [-0.15, -0.1) is 22.7 Å². The Hall–Kier alpha value is -1.69. The molecular weight excluding hydrogens is 400 g/mol. The Morgan fingerprint density at radius 1 is 1.36 bits per heavy atom. The quantitative estimate of drug-likeness (QED) is 0.601. The van der Waals surface area contributed by atoms with Crippen LogP contribution in [0, 0.1) is 0 Å². The number of nitrogens with zero attached hydrogens (tertiary/aromatic N) is 2. The number of fused-ring (bicyclic) bond motifs is 1. The number of rotatable bonds is 6. The van der Waals surface area contributed by atoms with Gasteiger partial charge in [-0.25, -0.2) is 18.4 Å². The summed E-state index contributed by atoms with van der Waals surface area (Å²) < 4.78 is 26.7. The first-order valence-electron chi connectivity index (χ1n) is 7.05. The van der Waals surface area contributed by atoms with Gasteiger partial charge in [0.05, 0.1) is 27.4 Å². The fourth-order valence-corrected chi connectivity index (χ4v) is 5.27. The lowest BCUT2D eigenvalue weighted by molar-refractivity contribution is -0.115. The molecule has 0 unspecified atom stereocenters. The molecule has 2 N–H and O–H groups in total. The van der Waals surface area contributed by atoms with E-state index in [1.54, 1.807) is 36.7 Å². The standard InChI is InChI=1S/C14H14N4O3S4/c1-8(12(19)17-13-15-5-6-22-13)23-14-16-10-4-3-9(7-11(10)24-14)18-25(2,20)21/h3-8,18H,1-2H3,(H,15,17,19)/t8-/m0/s1. The maximum absolute atomic E-state index is 12.2. The molecule has 0 bridgehead atoms. The smallest absolute Gasteiger partial charge is 0.239 e. The van der Waals surface area contributed by atoms with Crippen LogP contribution in [0.3, 0.4) is 0 Å². The van der Waals surface area contributed by atoms with Crippen molar-refractivity contribution in [3.05, 3.63) is 29.8 Å². The van der Waals surface area contributed by atoms with Gasteiger partial charge in [-0.2, -0.15) is 0 Å². The Kier molecular flexibility index (Phi) is 5.27. The van der Waals surface area contributed by atoms with Crippen molar-refractivity contribution in [1.82, 2.24) is 9.97 Å².